The quantitative estimate of drug-likeness (QED) is 0.723. The first-order chi connectivity index (χ1) is 12.7. The van der Waals surface area contributed by atoms with E-state index in [4.69, 9.17) is 4.74 Å². The Bertz CT molecular complexity index is 712. The fraction of sp³-hybridized carbons (Fsp3) is 0.500. The third kappa shape index (κ3) is 4.44. The van der Waals surface area contributed by atoms with Crippen molar-refractivity contribution in [3.05, 3.63) is 42.2 Å². The number of esters is 1. The van der Waals surface area contributed by atoms with Crippen LogP contribution in [-0.2, 0) is 20.7 Å². The lowest BCUT2D eigenvalue weighted by Crippen LogP contribution is -2.43. The third-order valence-corrected chi connectivity index (χ3v) is 4.85. The average molecular weight is 357 g/mol. The minimum atomic E-state index is -0.468. The van der Waals surface area contributed by atoms with Crippen molar-refractivity contribution >= 4 is 11.9 Å². The molecule has 0 unspecified atom stereocenters. The number of carbonyl (C=O) groups is 2. The molecule has 0 aliphatic carbocycles. The molecule has 1 aliphatic rings. The van der Waals surface area contributed by atoms with Gasteiger partial charge < -0.3 is 9.64 Å². The van der Waals surface area contributed by atoms with Crippen molar-refractivity contribution in [3.63, 3.8) is 0 Å². The van der Waals surface area contributed by atoms with E-state index in [-0.39, 0.29) is 17.8 Å². The van der Waals surface area contributed by atoms with Crippen LogP contribution in [0, 0.1) is 5.92 Å². The summed E-state index contributed by atoms with van der Waals surface area (Å²) in [5, 5.41) is 11.3. The maximum Gasteiger partial charge on any atom is 0.305 e. The Labute approximate surface area is 152 Å². The number of methoxy groups -OCH3 is 1. The van der Waals surface area contributed by atoms with Crippen molar-refractivity contribution < 1.29 is 14.3 Å². The van der Waals surface area contributed by atoms with Gasteiger partial charge in [-0.05, 0) is 34.7 Å². The number of rotatable bonds is 6. The lowest BCUT2D eigenvalue weighted by molar-refractivity contribution is -0.142. The van der Waals surface area contributed by atoms with Crippen LogP contribution in [0.25, 0.3) is 0 Å². The zero-order chi connectivity index (χ0) is 18.4. The fourth-order valence-corrected chi connectivity index (χ4v) is 3.33. The second-order valence-electron chi connectivity index (χ2n) is 6.54. The number of benzene rings is 1. The average Bonchev–Trinajstić information content (AvgIpc) is 3.21. The van der Waals surface area contributed by atoms with E-state index in [1.54, 1.807) is 0 Å². The second kappa shape index (κ2) is 8.55. The number of carbonyl (C=O) groups excluding carboxylic acids is 2. The molecule has 0 saturated carbocycles. The largest absolute Gasteiger partial charge is 0.469 e. The molecule has 1 amide bonds. The van der Waals surface area contributed by atoms with E-state index in [1.807, 2.05) is 35.2 Å². The highest BCUT2D eigenvalue weighted by atomic mass is 16.5. The molecule has 1 fully saturated rings. The fourth-order valence-electron chi connectivity index (χ4n) is 3.33. The number of ether oxygens (including phenoxy) is 1. The van der Waals surface area contributed by atoms with Gasteiger partial charge in [0.05, 0.1) is 7.11 Å². The van der Waals surface area contributed by atoms with E-state index in [0.29, 0.717) is 25.9 Å². The van der Waals surface area contributed by atoms with E-state index in [1.165, 1.54) is 18.1 Å². The van der Waals surface area contributed by atoms with E-state index < -0.39 is 6.04 Å². The Morgan fingerprint density at radius 3 is 2.58 bits per heavy atom. The maximum absolute atomic E-state index is 13.1. The molecule has 138 valence electrons. The molecule has 2 aromatic rings. The molecule has 8 nitrogen and oxygen atoms in total. The minimum Gasteiger partial charge on any atom is -0.469 e. The number of tetrazole rings is 1. The molecule has 8 heteroatoms. The van der Waals surface area contributed by atoms with E-state index in [2.05, 4.69) is 15.5 Å². The predicted molar refractivity (Wildman–Crippen MR) is 92.9 cm³/mol. The van der Waals surface area contributed by atoms with Gasteiger partial charge in [0, 0.05) is 25.9 Å². The Morgan fingerprint density at radius 1 is 1.23 bits per heavy atom. The summed E-state index contributed by atoms with van der Waals surface area (Å²) in [5.41, 5.74) is 1.06. The molecule has 0 spiro atoms. The van der Waals surface area contributed by atoms with Gasteiger partial charge in [-0.15, -0.1) is 5.10 Å². The summed E-state index contributed by atoms with van der Waals surface area (Å²) in [7, 11) is 1.40. The van der Waals surface area contributed by atoms with Gasteiger partial charge in [-0.1, -0.05) is 30.3 Å². The molecule has 1 atom stereocenters. The zero-order valence-corrected chi connectivity index (χ0v) is 14.8. The lowest BCUT2D eigenvalue weighted by atomic mass is 9.93. The third-order valence-electron chi connectivity index (χ3n) is 4.85. The van der Waals surface area contributed by atoms with Crippen LogP contribution in [0.1, 0.15) is 30.9 Å². The SMILES string of the molecule is COC(=O)CC1CCN(C(=O)[C@H](Cc2ccccc2)n2cnnn2)CC1. The number of nitrogens with zero attached hydrogens (tertiary/aromatic N) is 5. The summed E-state index contributed by atoms with van der Waals surface area (Å²) in [4.78, 5) is 26.4. The van der Waals surface area contributed by atoms with Crippen molar-refractivity contribution in [2.75, 3.05) is 20.2 Å². The van der Waals surface area contributed by atoms with Gasteiger partial charge in [0.1, 0.15) is 12.4 Å². The van der Waals surface area contributed by atoms with Gasteiger partial charge in [-0.2, -0.15) is 0 Å². The molecule has 0 bridgehead atoms. The molecule has 1 aliphatic heterocycles. The lowest BCUT2D eigenvalue weighted by Gasteiger charge is -2.33. The van der Waals surface area contributed by atoms with Crippen molar-refractivity contribution in [3.8, 4) is 0 Å². The Kier molecular flexibility index (Phi) is 5.93. The van der Waals surface area contributed by atoms with Gasteiger partial charge in [0.15, 0.2) is 0 Å². The predicted octanol–water partition coefficient (Wildman–Crippen LogP) is 1.26. The highest BCUT2D eigenvalue weighted by Crippen LogP contribution is 2.24. The molecule has 0 N–H and O–H groups in total. The zero-order valence-electron chi connectivity index (χ0n) is 14.8. The maximum atomic E-state index is 13.1. The first-order valence-electron chi connectivity index (χ1n) is 8.79. The van der Waals surface area contributed by atoms with Crippen LogP contribution < -0.4 is 0 Å². The van der Waals surface area contributed by atoms with E-state index in [0.717, 1.165) is 18.4 Å². The van der Waals surface area contributed by atoms with Gasteiger partial charge in [0.2, 0.25) is 5.91 Å². The van der Waals surface area contributed by atoms with Crippen LogP contribution in [0.2, 0.25) is 0 Å². The highest BCUT2D eigenvalue weighted by Gasteiger charge is 2.31. The van der Waals surface area contributed by atoms with Crippen molar-refractivity contribution in [2.45, 2.75) is 31.7 Å². The van der Waals surface area contributed by atoms with Gasteiger partial charge in [0.25, 0.3) is 0 Å². The van der Waals surface area contributed by atoms with Gasteiger partial charge in [-0.25, -0.2) is 4.68 Å². The molecule has 1 aromatic heterocycles. The Hall–Kier alpha value is -2.77. The standard InChI is InChI=1S/C18H23N5O3/c1-26-17(24)12-15-7-9-22(10-8-15)18(25)16(23-13-19-20-21-23)11-14-5-3-2-4-6-14/h2-6,13,15-16H,7-12H2,1H3/t16-/m0/s1. The number of likely N-dealkylation sites (tertiary alicyclic amines) is 1. The summed E-state index contributed by atoms with van der Waals surface area (Å²) >= 11 is 0. The summed E-state index contributed by atoms with van der Waals surface area (Å²) in [5.74, 6) is 0.0928. The summed E-state index contributed by atoms with van der Waals surface area (Å²) < 4.78 is 6.26. The monoisotopic (exact) mass is 357 g/mol. The van der Waals surface area contributed by atoms with Crippen LogP contribution >= 0.6 is 0 Å². The molecular weight excluding hydrogens is 334 g/mol. The van der Waals surface area contributed by atoms with E-state index in [9.17, 15) is 9.59 Å². The van der Waals surface area contributed by atoms with Crippen molar-refractivity contribution in [1.29, 1.82) is 0 Å². The summed E-state index contributed by atoms with van der Waals surface area (Å²) in [6, 6.07) is 9.37. The molecule has 1 saturated heterocycles. The Balaban J connectivity index is 1.66. The number of aromatic nitrogens is 4. The number of hydrogen-bond donors (Lipinski definition) is 0. The Morgan fingerprint density at radius 2 is 1.96 bits per heavy atom. The van der Waals surface area contributed by atoms with Crippen molar-refractivity contribution in [1.82, 2.24) is 25.1 Å². The van der Waals surface area contributed by atoms with Crippen molar-refractivity contribution in [2.24, 2.45) is 5.92 Å². The normalized spacial score (nSPS) is 16.3. The second-order valence-corrected chi connectivity index (χ2v) is 6.54. The molecule has 26 heavy (non-hydrogen) atoms. The first kappa shape index (κ1) is 18.0. The number of amides is 1. The van der Waals surface area contributed by atoms with Gasteiger partial charge in [-0.3, -0.25) is 9.59 Å². The van der Waals surface area contributed by atoms with Crippen LogP contribution in [0.5, 0.6) is 0 Å². The molecule has 2 heterocycles. The summed E-state index contributed by atoms with van der Waals surface area (Å²) in [6.45, 7) is 1.27. The first-order valence-corrected chi connectivity index (χ1v) is 8.79. The van der Waals surface area contributed by atoms with Crippen LogP contribution in [0.4, 0.5) is 0 Å². The highest BCUT2D eigenvalue weighted by molar-refractivity contribution is 5.80. The molecule has 1 aromatic carbocycles. The van der Waals surface area contributed by atoms with Crippen LogP contribution in [0.3, 0.4) is 0 Å². The van der Waals surface area contributed by atoms with Crippen LogP contribution in [0.15, 0.2) is 36.7 Å². The van der Waals surface area contributed by atoms with Gasteiger partial charge >= 0.3 is 5.97 Å². The molecule has 3 rings (SSSR count). The topological polar surface area (TPSA) is 90.2 Å². The molecular formula is C18H23N5O3. The molecule has 0 radical (unpaired) electrons. The number of piperidine rings is 1. The smallest absolute Gasteiger partial charge is 0.305 e. The minimum absolute atomic E-state index is 0.0117. The van der Waals surface area contributed by atoms with Crippen LogP contribution in [-0.4, -0.2) is 57.2 Å². The number of hydrogen-bond acceptors (Lipinski definition) is 6. The van der Waals surface area contributed by atoms with E-state index >= 15 is 0 Å². The summed E-state index contributed by atoms with van der Waals surface area (Å²) in [6.07, 6.45) is 4.03.